The largest absolute Gasteiger partial charge is 0.508 e. The van der Waals surface area contributed by atoms with E-state index in [-0.39, 0.29) is 23.2 Å². The molecule has 8 heteroatoms. The number of carbonyl (C=O) groups excluding carboxylic acids is 1. The van der Waals surface area contributed by atoms with Crippen LogP contribution in [0.3, 0.4) is 0 Å². The summed E-state index contributed by atoms with van der Waals surface area (Å²) in [6.07, 6.45) is 1.54. The lowest BCUT2D eigenvalue weighted by atomic mass is 10.1. The van der Waals surface area contributed by atoms with E-state index in [4.69, 9.17) is 0 Å². The molecular formula is C16H13N5O3. The Balaban J connectivity index is 1.78. The lowest BCUT2D eigenvalue weighted by Gasteiger charge is -2.13. The molecule has 0 atom stereocenters. The lowest BCUT2D eigenvalue weighted by Crippen LogP contribution is -2.35. The second-order valence-corrected chi connectivity index (χ2v) is 5.36. The van der Waals surface area contributed by atoms with E-state index in [0.29, 0.717) is 35.7 Å². The number of fused-ring (bicyclic) bond motifs is 1. The maximum atomic E-state index is 11.8. The molecule has 0 aliphatic carbocycles. The molecular weight excluding hydrogens is 310 g/mol. The highest BCUT2D eigenvalue weighted by Crippen LogP contribution is 2.30. The van der Waals surface area contributed by atoms with Crippen LogP contribution < -0.4 is 5.32 Å². The van der Waals surface area contributed by atoms with E-state index >= 15 is 0 Å². The van der Waals surface area contributed by atoms with E-state index in [2.05, 4.69) is 20.4 Å². The first kappa shape index (κ1) is 14.2. The second kappa shape index (κ2) is 5.34. The summed E-state index contributed by atoms with van der Waals surface area (Å²) in [5, 5.41) is 26.7. The van der Waals surface area contributed by atoms with Crippen molar-refractivity contribution < 1.29 is 15.0 Å². The summed E-state index contributed by atoms with van der Waals surface area (Å²) >= 11 is 0. The third kappa shape index (κ3) is 2.34. The van der Waals surface area contributed by atoms with E-state index in [1.807, 2.05) is 0 Å². The van der Waals surface area contributed by atoms with E-state index in [1.54, 1.807) is 23.0 Å². The Bertz CT molecular complexity index is 951. The predicted molar refractivity (Wildman–Crippen MR) is 84.4 cm³/mol. The molecule has 1 aliphatic rings. The number of nitrogens with zero attached hydrogens (tertiary/aromatic N) is 4. The van der Waals surface area contributed by atoms with Gasteiger partial charge in [-0.3, -0.25) is 9.48 Å². The lowest BCUT2D eigenvalue weighted by molar-refractivity contribution is 0.0924. The maximum absolute atomic E-state index is 11.8. The summed E-state index contributed by atoms with van der Waals surface area (Å²) < 4.78 is 1.64. The Kier molecular flexibility index (Phi) is 3.16. The molecule has 0 radical (unpaired) electrons. The number of aromatic nitrogens is 4. The molecule has 1 aromatic carbocycles. The Morgan fingerprint density at radius 1 is 1.12 bits per heavy atom. The van der Waals surface area contributed by atoms with Crippen molar-refractivity contribution in [1.82, 2.24) is 25.1 Å². The SMILES string of the molecule is O=C1NCCn2nc(-c3ccnc(-c4cc(O)ccc4O)n3)cc21. The molecule has 0 saturated heterocycles. The van der Waals surface area contributed by atoms with Gasteiger partial charge in [0.25, 0.3) is 5.91 Å². The molecule has 4 rings (SSSR count). The van der Waals surface area contributed by atoms with Gasteiger partial charge in [0, 0.05) is 12.7 Å². The van der Waals surface area contributed by atoms with Gasteiger partial charge in [-0.2, -0.15) is 5.10 Å². The van der Waals surface area contributed by atoms with Gasteiger partial charge in [-0.1, -0.05) is 0 Å². The van der Waals surface area contributed by atoms with Gasteiger partial charge in [0.05, 0.1) is 17.8 Å². The number of nitrogens with one attached hydrogen (secondary N) is 1. The Morgan fingerprint density at radius 2 is 2.00 bits per heavy atom. The van der Waals surface area contributed by atoms with Gasteiger partial charge in [-0.05, 0) is 30.3 Å². The highest BCUT2D eigenvalue weighted by atomic mass is 16.3. The van der Waals surface area contributed by atoms with Crippen molar-refractivity contribution >= 4 is 5.91 Å². The van der Waals surface area contributed by atoms with E-state index in [0.717, 1.165) is 0 Å². The molecule has 3 heterocycles. The molecule has 0 spiro atoms. The summed E-state index contributed by atoms with van der Waals surface area (Å²) in [6, 6.07) is 7.49. The number of benzene rings is 1. The first-order valence-corrected chi connectivity index (χ1v) is 7.33. The Morgan fingerprint density at radius 3 is 2.83 bits per heavy atom. The fourth-order valence-electron chi connectivity index (χ4n) is 2.60. The van der Waals surface area contributed by atoms with Crippen molar-refractivity contribution in [2.24, 2.45) is 0 Å². The van der Waals surface area contributed by atoms with Crippen LogP contribution in [0, 0.1) is 0 Å². The van der Waals surface area contributed by atoms with Crippen LogP contribution in [0.5, 0.6) is 11.5 Å². The zero-order chi connectivity index (χ0) is 16.7. The molecule has 8 nitrogen and oxygen atoms in total. The zero-order valence-corrected chi connectivity index (χ0v) is 12.5. The summed E-state index contributed by atoms with van der Waals surface area (Å²) in [6.45, 7) is 1.14. The van der Waals surface area contributed by atoms with Crippen LogP contribution in [0.1, 0.15) is 10.5 Å². The summed E-state index contributed by atoms with van der Waals surface area (Å²) in [5.74, 6) is 0.0654. The standard InChI is InChI=1S/C16H13N5O3/c22-9-1-2-14(23)10(7-9)15-17-4-3-11(19-15)12-8-13-16(24)18-5-6-21(13)20-12/h1-4,7-8,22-23H,5-6H2,(H,18,24). The van der Waals surface area contributed by atoms with Crippen molar-refractivity contribution in [3.8, 4) is 34.3 Å². The molecule has 0 fully saturated rings. The number of amides is 1. The number of aromatic hydroxyl groups is 2. The second-order valence-electron chi connectivity index (χ2n) is 5.36. The maximum Gasteiger partial charge on any atom is 0.269 e. The molecule has 2 aromatic heterocycles. The average Bonchev–Trinajstić information content (AvgIpc) is 3.03. The Labute approximate surface area is 136 Å². The van der Waals surface area contributed by atoms with Gasteiger partial charge in [0.15, 0.2) is 5.82 Å². The number of hydrogen-bond donors (Lipinski definition) is 3. The normalized spacial score (nSPS) is 13.4. The minimum atomic E-state index is -0.167. The molecule has 1 amide bonds. The fraction of sp³-hybridized carbons (Fsp3) is 0.125. The van der Waals surface area contributed by atoms with Crippen LogP contribution in [0.2, 0.25) is 0 Å². The highest BCUT2D eigenvalue weighted by molar-refractivity contribution is 5.94. The van der Waals surface area contributed by atoms with Gasteiger partial charge in [-0.15, -0.1) is 0 Å². The number of carbonyl (C=O) groups is 1. The molecule has 3 aromatic rings. The van der Waals surface area contributed by atoms with E-state index in [9.17, 15) is 15.0 Å². The fourth-order valence-corrected chi connectivity index (χ4v) is 2.60. The van der Waals surface area contributed by atoms with Gasteiger partial charge in [0.1, 0.15) is 22.9 Å². The van der Waals surface area contributed by atoms with E-state index in [1.165, 1.54) is 18.2 Å². The molecule has 0 bridgehead atoms. The van der Waals surface area contributed by atoms with Gasteiger partial charge < -0.3 is 15.5 Å². The first-order chi connectivity index (χ1) is 11.6. The van der Waals surface area contributed by atoms with Crippen LogP contribution in [-0.4, -0.2) is 42.4 Å². The minimum absolute atomic E-state index is 0.00549. The number of phenolic OH excluding ortho intramolecular Hbond substituents is 2. The summed E-state index contributed by atoms with van der Waals surface area (Å²) in [5.41, 5.74) is 1.87. The third-order valence-electron chi connectivity index (χ3n) is 3.76. The van der Waals surface area contributed by atoms with Gasteiger partial charge >= 0.3 is 0 Å². The number of phenols is 2. The Hall–Kier alpha value is -3.42. The monoisotopic (exact) mass is 323 g/mol. The van der Waals surface area contributed by atoms with Crippen LogP contribution in [-0.2, 0) is 6.54 Å². The number of hydrogen-bond acceptors (Lipinski definition) is 6. The van der Waals surface area contributed by atoms with Crippen LogP contribution in [0.15, 0.2) is 36.5 Å². The van der Waals surface area contributed by atoms with Crippen molar-refractivity contribution in [3.05, 3.63) is 42.2 Å². The van der Waals surface area contributed by atoms with Crippen molar-refractivity contribution in [3.63, 3.8) is 0 Å². The van der Waals surface area contributed by atoms with Gasteiger partial charge in [0.2, 0.25) is 0 Å². The average molecular weight is 323 g/mol. The molecule has 120 valence electrons. The molecule has 24 heavy (non-hydrogen) atoms. The smallest absolute Gasteiger partial charge is 0.269 e. The minimum Gasteiger partial charge on any atom is -0.508 e. The molecule has 0 unspecified atom stereocenters. The third-order valence-corrected chi connectivity index (χ3v) is 3.76. The molecule has 0 saturated carbocycles. The van der Waals surface area contributed by atoms with Crippen molar-refractivity contribution in [2.45, 2.75) is 6.54 Å². The van der Waals surface area contributed by atoms with Crippen molar-refractivity contribution in [2.75, 3.05) is 6.54 Å². The van der Waals surface area contributed by atoms with Gasteiger partial charge in [-0.25, -0.2) is 9.97 Å². The van der Waals surface area contributed by atoms with E-state index < -0.39 is 0 Å². The van der Waals surface area contributed by atoms with Crippen molar-refractivity contribution in [1.29, 1.82) is 0 Å². The van der Waals surface area contributed by atoms with Crippen LogP contribution in [0.25, 0.3) is 22.8 Å². The topological polar surface area (TPSA) is 113 Å². The van der Waals surface area contributed by atoms with Crippen LogP contribution >= 0.6 is 0 Å². The quantitative estimate of drug-likeness (QED) is 0.610. The summed E-state index contributed by atoms with van der Waals surface area (Å²) in [4.78, 5) is 20.4. The number of rotatable bonds is 2. The first-order valence-electron chi connectivity index (χ1n) is 7.33. The summed E-state index contributed by atoms with van der Waals surface area (Å²) in [7, 11) is 0. The molecule has 1 aliphatic heterocycles. The molecule has 3 N–H and O–H groups in total. The predicted octanol–water partition coefficient (Wildman–Crippen LogP) is 1.16. The highest BCUT2D eigenvalue weighted by Gasteiger charge is 2.20. The zero-order valence-electron chi connectivity index (χ0n) is 12.5. The van der Waals surface area contributed by atoms with Crippen LogP contribution in [0.4, 0.5) is 0 Å².